The molecule has 1 N–H and O–H groups in total. The first-order valence-electron chi connectivity index (χ1n) is 16.5. The zero-order chi connectivity index (χ0) is 33.9. The fraction of sp³-hybridized carbons (Fsp3) is 0.432. The molecule has 0 bridgehead atoms. The highest BCUT2D eigenvalue weighted by Gasteiger charge is 2.45. The number of aryl methyl sites for hydroxylation is 1. The third-order valence-corrected chi connectivity index (χ3v) is 10.3. The number of nitriles is 1. The maximum absolute atomic E-state index is 14.3. The number of fused-ring (bicyclic) bond motifs is 1. The maximum Gasteiger partial charge on any atom is 0.326 e. The van der Waals surface area contributed by atoms with Gasteiger partial charge < -0.3 is 24.2 Å². The molecule has 0 spiro atoms. The van der Waals surface area contributed by atoms with E-state index in [1.54, 1.807) is 31.4 Å². The minimum Gasteiger partial charge on any atom is -0.496 e. The smallest absolute Gasteiger partial charge is 0.326 e. The normalized spacial score (nSPS) is 18.9. The summed E-state index contributed by atoms with van der Waals surface area (Å²) in [5, 5.41) is 23.3. The predicted octanol–water partition coefficient (Wildman–Crippen LogP) is 7.13. The van der Waals surface area contributed by atoms with Gasteiger partial charge in [-0.3, -0.25) is 4.79 Å². The summed E-state index contributed by atoms with van der Waals surface area (Å²) in [6.45, 7) is 6.21. The van der Waals surface area contributed by atoms with Crippen molar-refractivity contribution in [2.45, 2.75) is 83.5 Å². The summed E-state index contributed by atoms with van der Waals surface area (Å²) in [6.07, 6.45) is 3.31. The van der Waals surface area contributed by atoms with Crippen LogP contribution in [0, 0.1) is 24.2 Å². The number of aromatic nitrogens is 2. The molecule has 3 atom stereocenters. The number of hydrogen-bond donors (Lipinski definition) is 1. The number of methoxy groups -OCH3 is 1. The molecule has 11 heteroatoms. The molecule has 3 heterocycles. The molecule has 1 amide bonds. The number of carboxylic acids is 1. The Bertz CT molecular complexity index is 1860. The first kappa shape index (κ1) is 33.2. The number of carbonyl (C=O) groups is 2. The van der Waals surface area contributed by atoms with E-state index in [1.165, 1.54) is 16.2 Å². The Labute approximate surface area is 284 Å². The molecule has 1 aliphatic carbocycles. The summed E-state index contributed by atoms with van der Waals surface area (Å²) in [4.78, 5) is 38.1. The van der Waals surface area contributed by atoms with Gasteiger partial charge in [-0.15, -0.1) is 11.3 Å². The Morgan fingerprint density at radius 1 is 1.08 bits per heavy atom. The number of nitrogens with zero attached hydrogens (tertiary/aromatic N) is 4. The van der Waals surface area contributed by atoms with Crippen molar-refractivity contribution >= 4 is 34.1 Å². The first-order valence-corrected chi connectivity index (χ1v) is 17.4. The number of likely N-dealkylation sites (tertiary alicyclic amines) is 1. The van der Waals surface area contributed by atoms with E-state index in [0.717, 1.165) is 53.8 Å². The number of carboxylic acid groups (broad SMARTS) is 1. The highest BCUT2D eigenvalue weighted by Crippen LogP contribution is 2.38. The number of carbonyl (C=O) groups excluding carboxylic acids is 1. The second kappa shape index (κ2) is 14.2. The van der Waals surface area contributed by atoms with E-state index in [9.17, 15) is 20.0 Å². The zero-order valence-electron chi connectivity index (χ0n) is 27.6. The SMILES string of the molecule is COc1ccc2c(OC3CC(C(=O)O)N(C(=O)C(Oc4cccc(C#N)c4)C4CCCCC4)C3)cc(-c3nc(C(C)C)cs3)nc2c1C. The van der Waals surface area contributed by atoms with Crippen molar-refractivity contribution in [3.8, 4) is 34.0 Å². The summed E-state index contributed by atoms with van der Waals surface area (Å²) < 4.78 is 18.5. The Kier molecular flexibility index (Phi) is 9.83. The fourth-order valence-corrected chi connectivity index (χ4v) is 7.69. The average molecular weight is 669 g/mol. The van der Waals surface area contributed by atoms with Crippen LogP contribution in [0.2, 0.25) is 0 Å². The van der Waals surface area contributed by atoms with Crippen LogP contribution in [0.5, 0.6) is 17.2 Å². The summed E-state index contributed by atoms with van der Waals surface area (Å²) >= 11 is 1.51. The second-order valence-electron chi connectivity index (χ2n) is 12.9. The van der Waals surface area contributed by atoms with Gasteiger partial charge in [0.2, 0.25) is 0 Å². The third kappa shape index (κ3) is 6.81. The van der Waals surface area contributed by atoms with Crippen LogP contribution in [-0.4, -0.2) is 63.8 Å². The predicted molar refractivity (Wildman–Crippen MR) is 183 cm³/mol. The van der Waals surface area contributed by atoms with Gasteiger partial charge in [0.05, 0.1) is 36.5 Å². The molecule has 1 saturated heterocycles. The van der Waals surface area contributed by atoms with E-state index < -0.39 is 24.2 Å². The molecule has 2 aliphatic rings. The largest absolute Gasteiger partial charge is 0.496 e. The topological polar surface area (TPSA) is 135 Å². The van der Waals surface area contributed by atoms with Gasteiger partial charge in [-0.05, 0) is 56.0 Å². The van der Waals surface area contributed by atoms with Gasteiger partial charge in [0, 0.05) is 34.7 Å². The molecule has 48 heavy (non-hydrogen) atoms. The van der Waals surface area contributed by atoms with Crippen molar-refractivity contribution in [2.24, 2.45) is 5.92 Å². The van der Waals surface area contributed by atoms with Crippen LogP contribution in [0.3, 0.4) is 0 Å². The minimum atomic E-state index is -1.09. The average Bonchev–Trinajstić information content (AvgIpc) is 3.76. The van der Waals surface area contributed by atoms with Gasteiger partial charge in [0.15, 0.2) is 6.10 Å². The van der Waals surface area contributed by atoms with Gasteiger partial charge in [-0.1, -0.05) is 39.2 Å². The molecule has 1 aliphatic heterocycles. The number of thiazole rings is 1. The number of benzene rings is 2. The van der Waals surface area contributed by atoms with Crippen molar-refractivity contribution in [1.29, 1.82) is 5.26 Å². The maximum atomic E-state index is 14.3. The van der Waals surface area contributed by atoms with Gasteiger partial charge in [-0.2, -0.15) is 5.26 Å². The van der Waals surface area contributed by atoms with Crippen LogP contribution in [0.4, 0.5) is 0 Å². The molecule has 4 aromatic rings. The monoisotopic (exact) mass is 668 g/mol. The second-order valence-corrected chi connectivity index (χ2v) is 13.8. The fourth-order valence-electron chi connectivity index (χ4n) is 6.75. The number of amides is 1. The Hall–Kier alpha value is -4.69. The van der Waals surface area contributed by atoms with Crippen molar-refractivity contribution in [3.63, 3.8) is 0 Å². The number of hydrogen-bond acceptors (Lipinski definition) is 9. The molecule has 3 unspecified atom stereocenters. The molecule has 2 aromatic carbocycles. The van der Waals surface area contributed by atoms with Crippen molar-refractivity contribution in [3.05, 3.63) is 64.7 Å². The van der Waals surface area contributed by atoms with E-state index >= 15 is 0 Å². The van der Waals surface area contributed by atoms with Gasteiger partial charge in [-0.25, -0.2) is 14.8 Å². The summed E-state index contributed by atoms with van der Waals surface area (Å²) in [7, 11) is 1.62. The number of pyridine rings is 1. The van der Waals surface area contributed by atoms with Gasteiger partial charge in [0.1, 0.15) is 40.1 Å². The lowest BCUT2D eigenvalue weighted by atomic mass is 9.84. The zero-order valence-corrected chi connectivity index (χ0v) is 28.5. The molecule has 1 saturated carbocycles. The molecule has 250 valence electrons. The standard InChI is InChI=1S/C37H40N4O6S/c1-21(2)29-20-48-35(40-29)28-17-32(27-13-14-31(45-4)22(3)33(27)39-28)46-26-16-30(37(43)44)41(19-26)36(42)34(24-10-6-5-7-11-24)47-25-12-8-9-23(15-25)18-38/h8-9,12-15,17,20-21,24,26,30,34H,5-7,10-11,16,19H2,1-4H3,(H,43,44). The van der Waals surface area contributed by atoms with E-state index in [2.05, 4.69) is 19.9 Å². The molecule has 0 radical (unpaired) electrons. The van der Waals surface area contributed by atoms with Crippen LogP contribution in [-0.2, 0) is 9.59 Å². The van der Waals surface area contributed by atoms with Gasteiger partial charge in [0.25, 0.3) is 5.91 Å². The quantitative estimate of drug-likeness (QED) is 0.187. The lowest BCUT2D eigenvalue weighted by Gasteiger charge is -2.33. The van der Waals surface area contributed by atoms with Crippen molar-refractivity contribution in [1.82, 2.24) is 14.9 Å². The van der Waals surface area contributed by atoms with E-state index in [4.69, 9.17) is 24.2 Å². The number of ether oxygens (including phenoxy) is 3. The van der Waals surface area contributed by atoms with Crippen LogP contribution in [0.15, 0.2) is 47.8 Å². The summed E-state index contributed by atoms with van der Waals surface area (Å²) in [5.41, 5.74) is 3.61. The minimum absolute atomic E-state index is 0.0647. The van der Waals surface area contributed by atoms with Crippen LogP contribution >= 0.6 is 11.3 Å². The summed E-state index contributed by atoms with van der Waals surface area (Å²) in [5.74, 6) is 0.392. The lowest BCUT2D eigenvalue weighted by Crippen LogP contribution is -2.50. The first-order chi connectivity index (χ1) is 23.2. The molecule has 2 fully saturated rings. The Balaban J connectivity index is 1.32. The van der Waals surface area contributed by atoms with Crippen molar-refractivity contribution in [2.75, 3.05) is 13.7 Å². The van der Waals surface area contributed by atoms with Gasteiger partial charge >= 0.3 is 5.97 Å². The van der Waals surface area contributed by atoms with E-state index in [0.29, 0.717) is 34.0 Å². The molecular weight excluding hydrogens is 628 g/mol. The Morgan fingerprint density at radius 3 is 2.56 bits per heavy atom. The van der Waals surface area contributed by atoms with Crippen molar-refractivity contribution < 1.29 is 28.9 Å². The van der Waals surface area contributed by atoms with E-state index in [-0.39, 0.29) is 30.7 Å². The third-order valence-electron chi connectivity index (χ3n) is 9.37. The molecule has 2 aromatic heterocycles. The van der Waals surface area contributed by atoms with Crippen LogP contribution in [0.1, 0.15) is 75.1 Å². The highest BCUT2D eigenvalue weighted by molar-refractivity contribution is 7.13. The lowest BCUT2D eigenvalue weighted by molar-refractivity contribution is -0.153. The summed E-state index contributed by atoms with van der Waals surface area (Å²) in [6, 6.07) is 13.4. The molecule has 10 nitrogen and oxygen atoms in total. The van der Waals surface area contributed by atoms with Crippen LogP contribution < -0.4 is 14.2 Å². The van der Waals surface area contributed by atoms with Crippen LogP contribution in [0.25, 0.3) is 21.6 Å². The molecular formula is C37H40N4O6S. The Morgan fingerprint density at radius 2 is 1.88 bits per heavy atom. The van der Waals surface area contributed by atoms with E-state index in [1.807, 2.05) is 30.5 Å². The molecule has 6 rings (SSSR count). The number of aliphatic carboxylic acids is 1. The number of rotatable bonds is 10. The highest BCUT2D eigenvalue weighted by atomic mass is 32.1.